The van der Waals surface area contributed by atoms with Gasteiger partial charge in [-0.25, -0.2) is 13.1 Å². The monoisotopic (exact) mass is 234 g/mol. The van der Waals surface area contributed by atoms with Crippen molar-refractivity contribution < 1.29 is 17.7 Å². The van der Waals surface area contributed by atoms with Crippen LogP contribution in [0.2, 0.25) is 0 Å². The quantitative estimate of drug-likeness (QED) is 0.614. The maximum absolute atomic E-state index is 13.0. The lowest BCUT2D eigenvalue weighted by atomic mass is 10.3. The van der Waals surface area contributed by atoms with Crippen LogP contribution in [0.15, 0.2) is 23.1 Å². The molecule has 1 rings (SSSR count). The highest BCUT2D eigenvalue weighted by Crippen LogP contribution is 2.25. The number of benzene rings is 1. The first kappa shape index (κ1) is 11.5. The van der Waals surface area contributed by atoms with Gasteiger partial charge in [-0.15, -0.1) is 0 Å². The van der Waals surface area contributed by atoms with Crippen molar-refractivity contribution >= 4 is 15.7 Å². The van der Waals surface area contributed by atoms with E-state index in [1.807, 2.05) is 4.72 Å². The summed E-state index contributed by atoms with van der Waals surface area (Å²) in [5.74, 6) is -1.18. The molecule has 82 valence electrons. The van der Waals surface area contributed by atoms with Crippen LogP contribution >= 0.6 is 0 Å². The Kier molecular flexibility index (Phi) is 3.01. The van der Waals surface area contributed by atoms with Crippen LogP contribution in [-0.2, 0) is 10.0 Å². The highest BCUT2D eigenvalue weighted by molar-refractivity contribution is 7.89. The van der Waals surface area contributed by atoms with E-state index in [1.54, 1.807) is 0 Å². The lowest BCUT2D eigenvalue weighted by Crippen LogP contribution is -2.20. The summed E-state index contributed by atoms with van der Waals surface area (Å²) in [6.07, 6.45) is 0. The molecule has 0 aliphatic rings. The van der Waals surface area contributed by atoms with E-state index < -0.39 is 31.3 Å². The molecule has 1 N–H and O–H groups in total. The van der Waals surface area contributed by atoms with Crippen LogP contribution in [-0.4, -0.2) is 20.4 Å². The summed E-state index contributed by atoms with van der Waals surface area (Å²) in [5.41, 5.74) is -1.05. The lowest BCUT2D eigenvalue weighted by molar-refractivity contribution is -0.390. The predicted octanol–water partition coefficient (Wildman–Crippen LogP) is 0.642. The van der Waals surface area contributed by atoms with Crippen LogP contribution in [0.3, 0.4) is 0 Å². The average molecular weight is 234 g/mol. The molecule has 0 atom stereocenters. The number of hydrogen-bond donors (Lipinski definition) is 1. The maximum Gasteiger partial charge on any atom is 0.324 e. The van der Waals surface area contributed by atoms with Crippen molar-refractivity contribution in [2.45, 2.75) is 4.90 Å². The van der Waals surface area contributed by atoms with E-state index in [9.17, 15) is 22.9 Å². The second-order valence-electron chi connectivity index (χ2n) is 2.55. The molecule has 0 saturated carbocycles. The summed E-state index contributed by atoms with van der Waals surface area (Å²) in [6, 6.07) is 2.88. The largest absolute Gasteiger partial charge is 0.324 e. The predicted molar refractivity (Wildman–Crippen MR) is 49.3 cm³/mol. The molecule has 0 aliphatic carbocycles. The molecule has 6 nitrogen and oxygen atoms in total. The van der Waals surface area contributed by atoms with Gasteiger partial charge in [0.2, 0.25) is 15.8 Å². The number of sulfonamides is 1. The minimum Gasteiger partial charge on any atom is -0.258 e. The van der Waals surface area contributed by atoms with Gasteiger partial charge in [0.25, 0.3) is 0 Å². The zero-order valence-electron chi connectivity index (χ0n) is 7.60. The summed E-state index contributed by atoms with van der Waals surface area (Å²) >= 11 is 0. The SMILES string of the molecule is CNS(=O)(=O)c1cccc(F)c1[N+](=O)[O-]. The highest BCUT2D eigenvalue weighted by Gasteiger charge is 2.28. The molecule has 0 unspecified atom stereocenters. The van der Waals surface area contributed by atoms with E-state index in [4.69, 9.17) is 0 Å². The molecule has 0 saturated heterocycles. The van der Waals surface area contributed by atoms with E-state index in [2.05, 4.69) is 0 Å². The Labute approximate surface area is 84.9 Å². The van der Waals surface area contributed by atoms with Gasteiger partial charge in [0.1, 0.15) is 0 Å². The minimum absolute atomic E-state index is 0.685. The van der Waals surface area contributed by atoms with Gasteiger partial charge in [-0.1, -0.05) is 6.07 Å². The third-order valence-corrected chi connectivity index (χ3v) is 3.14. The summed E-state index contributed by atoms with van der Waals surface area (Å²) in [6.45, 7) is 0. The first-order valence-electron chi connectivity index (χ1n) is 3.76. The number of para-hydroxylation sites is 1. The van der Waals surface area contributed by atoms with E-state index in [0.29, 0.717) is 0 Å². The molecule has 0 aromatic heterocycles. The van der Waals surface area contributed by atoms with Crippen molar-refractivity contribution in [2.24, 2.45) is 0 Å². The van der Waals surface area contributed by atoms with Crippen molar-refractivity contribution in [3.63, 3.8) is 0 Å². The van der Waals surface area contributed by atoms with Crippen molar-refractivity contribution in [3.8, 4) is 0 Å². The number of hydrogen-bond acceptors (Lipinski definition) is 4. The Hall–Kier alpha value is -1.54. The van der Waals surface area contributed by atoms with Crippen molar-refractivity contribution in [2.75, 3.05) is 7.05 Å². The van der Waals surface area contributed by atoms with Gasteiger partial charge in [-0.2, -0.15) is 4.39 Å². The Morgan fingerprint density at radius 3 is 2.53 bits per heavy atom. The van der Waals surface area contributed by atoms with Gasteiger partial charge in [0.15, 0.2) is 4.90 Å². The number of nitrogens with one attached hydrogen (secondary N) is 1. The Morgan fingerprint density at radius 1 is 1.47 bits per heavy atom. The number of nitro groups is 1. The fraction of sp³-hybridized carbons (Fsp3) is 0.143. The smallest absolute Gasteiger partial charge is 0.258 e. The first-order chi connectivity index (χ1) is 6.90. The molecule has 0 bridgehead atoms. The molecule has 0 aliphatic heterocycles. The normalized spacial score (nSPS) is 11.3. The summed E-state index contributed by atoms with van der Waals surface area (Å²) in [7, 11) is -2.94. The number of nitro benzene ring substituents is 1. The highest BCUT2D eigenvalue weighted by atomic mass is 32.2. The number of nitrogens with zero attached hydrogens (tertiary/aromatic N) is 1. The molecule has 8 heteroatoms. The second-order valence-corrected chi connectivity index (χ2v) is 4.41. The van der Waals surface area contributed by atoms with Crippen LogP contribution in [0.25, 0.3) is 0 Å². The van der Waals surface area contributed by atoms with Crippen molar-refractivity contribution in [1.82, 2.24) is 4.72 Å². The number of halogens is 1. The molecule has 0 spiro atoms. The zero-order valence-corrected chi connectivity index (χ0v) is 8.41. The van der Waals surface area contributed by atoms with E-state index >= 15 is 0 Å². The van der Waals surface area contributed by atoms with Gasteiger partial charge in [0.05, 0.1) is 4.92 Å². The fourth-order valence-electron chi connectivity index (χ4n) is 1.000. The Morgan fingerprint density at radius 2 is 2.07 bits per heavy atom. The summed E-state index contributed by atoms with van der Waals surface area (Å²) < 4.78 is 37.5. The second kappa shape index (κ2) is 3.91. The first-order valence-corrected chi connectivity index (χ1v) is 5.25. The molecule has 1 aromatic rings. The number of rotatable bonds is 3. The molecule has 0 radical (unpaired) electrons. The molecule has 15 heavy (non-hydrogen) atoms. The van der Waals surface area contributed by atoms with E-state index in [1.165, 1.54) is 0 Å². The van der Waals surface area contributed by atoms with Gasteiger partial charge in [-0.05, 0) is 19.2 Å². The molecule has 0 heterocycles. The fourth-order valence-corrected chi connectivity index (χ4v) is 1.90. The van der Waals surface area contributed by atoms with Crippen LogP contribution in [0.4, 0.5) is 10.1 Å². The van der Waals surface area contributed by atoms with Crippen LogP contribution < -0.4 is 4.72 Å². The molecule has 1 aromatic carbocycles. The van der Waals surface area contributed by atoms with Gasteiger partial charge in [0, 0.05) is 0 Å². The third-order valence-electron chi connectivity index (χ3n) is 1.69. The molecular weight excluding hydrogens is 227 g/mol. The zero-order chi connectivity index (χ0) is 11.6. The van der Waals surface area contributed by atoms with Gasteiger partial charge in [-0.3, -0.25) is 10.1 Å². The van der Waals surface area contributed by atoms with Gasteiger partial charge < -0.3 is 0 Å². The Balaban J connectivity index is 3.57. The molecular formula is C7H7FN2O4S. The third kappa shape index (κ3) is 2.10. The maximum atomic E-state index is 13.0. The average Bonchev–Trinajstić information content (AvgIpc) is 2.16. The van der Waals surface area contributed by atoms with E-state index in [-0.39, 0.29) is 0 Å². The van der Waals surface area contributed by atoms with Crippen LogP contribution in [0.5, 0.6) is 0 Å². The topological polar surface area (TPSA) is 89.3 Å². The van der Waals surface area contributed by atoms with Crippen LogP contribution in [0, 0.1) is 15.9 Å². The summed E-state index contributed by atoms with van der Waals surface area (Å²) in [5, 5.41) is 10.5. The van der Waals surface area contributed by atoms with Crippen LogP contribution in [0.1, 0.15) is 0 Å². The molecule has 0 amide bonds. The van der Waals surface area contributed by atoms with Gasteiger partial charge >= 0.3 is 5.69 Å². The molecule has 0 fully saturated rings. The summed E-state index contributed by atoms with van der Waals surface area (Å²) in [4.78, 5) is 8.72. The van der Waals surface area contributed by atoms with E-state index in [0.717, 1.165) is 25.2 Å². The minimum atomic E-state index is -4.03. The standard InChI is InChI=1S/C7H7FN2O4S/c1-9-15(13,14)6-4-2-3-5(8)7(6)10(11)12/h2-4,9H,1H3. The van der Waals surface area contributed by atoms with Crippen molar-refractivity contribution in [3.05, 3.63) is 34.1 Å². The lowest BCUT2D eigenvalue weighted by Gasteiger charge is -2.03. The Bertz CT molecular complexity index is 500. The van der Waals surface area contributed by atoms with Crippen molar-refractivity contribution in [1.29, 1.82) is 0 Å².